The molecule has 0 saturated carbocycles. The van der Waals surface area contributed by atoms with Gasteiger partial charge in [-0.15, -0.1) is 0 Å². The summed E-state index contributed by atoms with van der Waals surface area (Å²) in [6.07, 6.45) is 0.615. The van der Waals surface area contributed by atoms with E-state index in [-0.39, 0.29) is 5.75 Å². The largest absolute Gasteiger partial charge is 0.508 e. The molecular weight excluding hydrogens is 228 g/mol. The van der Waals surface area contributed by atoms with Crippen LogP contribution in [0.15, 0.2) is 57.7 Å². The Morgan fingerprint density at radius 2 is 1.44 bits per heavy atom. The fourth-order valence-electron chi connectivity index (χ4n) is 1.07. The zero-order valence-electron chi connectivity index (χ0n) is 11.1. The fourth-order valence-corrected chi connectivity index (χ4v) is 1.07. The van der Waals surface area contributed by atoms with E-state index in [1.54, 1.807) is 0 Å². The smallest absolute Gasteiger partial charge is 0.339 e. The Balaban J connectivity index is 0.000000308. The number of hydrogen-bond acceptors (Lipinski definition) is 3. The zero-order valence-corrected chi connectivity index (χ0v) is 11.1. The van der Waals surface area contributed by atoms with Gasteiger partial charge in [0.2, 0.25) is 0 Å². The van der Waals surface area contributed by atoms with Gasteiger partial charge in [-0.3, -0.25) is 0 Å². The minimum absolute atomic E-state index is 0.0342. The third kappa shape index (κ3) is 7.28. The predicted octanol–water partition coefficient (Wildman–Crippen LogP) is 3.62. The van der Waals surface area contributed by atoms with Crippen LogP contribution in [0, 0.1) is 0 Å². The summed E-state index contributed by atoms with van der Waals surface area (Å²) in [6, 6.07) is 14.5. The van der Waals surface area contributed by atoms with Crippen LogP contribution in [0.2, 0.25) is 0 Å². The second kappa shape index (κ2) is 10.1. The van der Waals surface area contributed by atoms with Crippen molar-refractivity contribution >= 4 is 0 Å². The van der Waals surface area contributed by atoms with E-state index in [2.05, 4.69) is 0 Å². The van der Waals surface area contributed by atoms with Crippen molar-refractivity contribution in [3.05, 3.63) is 64.7 Å². The molecule has 0 radical (unpaired) electrons. The summed E-state index contributed by atoms with van der Waals surface area (Å²) >= 11 is 0. The standard InChI is InChI=1S/C7H8O3.C6H6.C2H6/c1-2-6-3-5(8)4-7(9)10-6;1-2-4-6-5-3-1;1-2/h3-4,8H,2H2,1H3;1-6H;1-2H3. The van der Waals surface area contributed by atoms with Crippen LogP contribution < -0.4 is 5.63 Å². The second-order valence-corrected chi connectivity index (χ2v) is 3.11. The van der Waals surface area contributed by atoms with Crippen LogP contribution in [0.5, 0.6) is 5.75 Å². The van der Waals surface area contributed by atoms with E-state index in [1.807, 2.05) is 57.2 Å². The average molecular weight is 248 g/mol. The topological polar surface area (TPSA) is 50.4 Å². The number of hydrogen-bond donors (Lipinski definition) is 1. The van der Waals surface area contributed by atoms with Gasteiger partial charge < -0.3 is 9.52 Å². The number of aromatic hydroxyl groups is 1. The summed E-state index contributed by atoms with van der Waals surface area (Å²) in [6.45, 7) is 5.84. The third-order valence-electron chi connectivity index (χ3n) is 1.82. The van der Waals surface area contributed by atoms with E-state index in [9.17, 15) is 4.79 Å². The van der Waals surface area contributed by atoms with Crippen LogP contribution in [0.4, 0.5) is 0 Å². The molecule has 0 saturated heterocycles. The van der Waals surface area contributed by atoms with E-state index in [1.165, 1.54) is 6.07 Å². The molecule has 0 aliphatic heterocycles. The van der Waals surface area contributed by atoms with Crippen molar-refractivity contribution in [1.29, 1.82) is 0 Å². The molecule has 0 atom stereocenters. The molecule has 0 bridgehead atoms. The predicted molar refractivity (Wildman–Crippen MR) is 73.8 cm³/mol. The first kappa shape index (κ1) is 16.0. The van der Waals surface area contributed by atoms with Gasteiger partial charge in [0.25, 0.3) is 0 Å². The van der Waals surface area contributed by atoms with Crippen molar-refractivity contribution in [2.75, 3.05) is 0 Å². The number of aryl methyl sites for hydroxylation is 1. The molecule has 1 aromatic heterocycles. The number of benzene rings is 1. The van der Waals surface area contributed by atoms with Crippen molar-refractivity contribution in [3.8, 4) is 5.75 Å². The highest BCUT2D eigenvalue weighted by Gasteiger charge is 1.95. The van der Waals surface area contributed by atoms with Crippen LogP contribution in [-0.4, -0.2) is 5.11 Å². The SMILES string of the molecule is CC.CCc1cc(O)cc(=O)o1.c1ccccc1. The Morgan fingerprint density at radius 1 is 1.00 bits per heavy atom. The van der Waals surface area contributed by atoms with Gasteiger partial charge in [-0.1, -0.05) is 57.2 Å². The van der Waals surface area contributed by atoms with E-state index >= 15 is 0 Å². The Hall–Kier alpha value is -2.03. The molecule has 0 spiro atoms. The lowest BCUT2D eigenvalue weighted by Crippen LogP contribution is -1.97. The molecule has 1 aromatic carbocycles. The van der Waals surface area contributed by atoms with Gasteiger partial charge in [-0.2, -0.15) is 0 Å². The van der Waals surface area contributed by atoms with Crippen molar-refractivity contribution < 1.29 is 9.52 Å². The van der Waals surface area contributed by atoms with Gasteiger partial charge >= 0.3 is 5.63 Å². The third-order valence-corrected chi connectivity index (χ3v) is 1.82. The molecule has 1 N–H and O–H groups in total. The maximum Gasteiger partial charge on any atom is 0.339 e. The lowest BCUT2D eigenvalue weighted by molar-refractivity contribution is 0.426. The highest BCUT2D eigenvalue weighted by atomic mass is 16.4. The molecule has 0 unspecified atom stereocenters. The van der Waals surface area contributed by atoms with Crippen LogP contribution in [0.3, 0.4) is 0 Å². The van der Waals surface area contributed by atoms with Gasteiger partial charge in [0.1, 0.15) is 11.5 Å². The van der Waals surface area contributed by atoms with Gasteiger partial charge in [-0.05, 0) is 0 Å². The molecular formula is C15H20O3. The Kier molecular flexibility index (Phi) is 9.00. The van der Waals surface area contributed by atoms with E-state index in [0.717, 1.165) is 6.07 Å². The molecule has 98 valence electrons. The lowest BCUT2D eigenvalue weighted by atomic mass is 10.3. The van der Waals surface area contributed by atoms with E-state index in [4.69, 9.17) is 9.52 Å². The number of rotatable bonds is 1. The summed E-state index contributed by atoms with van der Waals surface area (Å²) < 4.78 is 4.69. The molecule has 0 amide bonds. The summed E-state index contributed by atoms with van der Waals surface area (Å²) in [5.41, 5.74) is -0.503. The zero-order chi connectivity index (χ0) is 13.8. The molecule has 18 heavy (non-hydrogen) atoms. The fraction of sp³-hybridized carbons (Fsp3) is 0.267. The van der Waals surface area contributed by atoms with Crippen molar-refractivity contribution in [1.82, 2.24) is 0 Å². The summed E-state index contributed by atoms with van der Waals surface area (Å²) in [5, 5.41) is 8.86. The van der Waals surface area contributed by atoms with Gasteiger partial charge in [0.15, 0.2) is 0 Å². The minimum atomic E-state index is -0.503. The highest BCUT2D eigenvalue weighted by Crippen LogP contribution is 2.06. The van der Waals surface area contributed by atoms with Crippen LogP contribution >= 0.6 is 0 Å². The van der Waals surface area contributed by atoms with Gasteiger partial charge in [-0.25, -0.2) is 4.79 Å². The summed E-state index contributed by atoms with van der Waals surface area (Å²) in [4.78, 5) is 10.5. The summed E-state index contributed by atoms with van der Waals surface area (Å²) in [5.74, 6) is 0.470. The second-order valence-electron chi connectivity index (χ2n) is 3.11. The first-order valence-electron chi connectivity index (χ1n) is 6.05. The molecule has 2 aromatic rings. The van der Waals surface area contributed by atoms with Gasteiger partial charge in [0, 0.05) is 12.5 Å². The molecule has 3 nitrogen and oxygen atoms in total. The molecule has 0 aliphatic rings. The van der Waals surface area contributed by atoms with Crippen molar-refractivity contribution in [2.24, 2.45) is 0 Å². The van der Waals surface area contributed by atoms with E-state index < -0.39 is 5.63 Å². The molecule has 1 heterocycles. The first-order chi connectivity index (χ1) is 8.72. The monoisotopic (exact) mass is 248 g/mol. The van der Waals surface area contributed by atoms with Gasteiger partial charge in [0.05, 0.1) is 6.07 Å². The van der Waals surface area contributed by atoms with Crippen LogP contribution in [0.25, 0.3) is 0 Å². The van der Waals surface area contributed by atoms with Crippen molar-refractivity contribution in [3.63, 3.8) is 0 Å². The Labute approximate surface area is 108 Å². The normalized spacial score (nSPS) is 8.39. The maximum absolute atomic E-state index is 10.5. The Morgan fingerprint density at radius 3 is 1.78 bits per heavy atom. The first-order valence-corrected chi connectivity index (χ1v) is 6.05. The molecule has 3 heteroatoms. The Bertz CT molecular complexity index is 434. The van der Waals surface area contributed by atoms with Crippen molar-refractivity contribution in [2.45, 2.75) is 27.2 Å². The maximum atomic E-state index is 10.5. The molecule has 0 fully saturated rings. The minimum Gasteiger partial charge on any atom is -0.508 e. The van der Waals surface area contributed by atoms with Crippen LogP contribution in [0.1, 0.15) is 26.5 Å². The average Bonchev–Trinajstić information content (AvgIpc) is 2.42. The molecule has 0 aliphatic carbocycles. The van der Waals surface area contributed by atoms with Crippen LogP contribution in [-0.2, 0) is 6.42 Å². The quantitative estimate of drug-likeness (QED) is 0.838. The van der Waals surface area contributed by atoms with E-state index in [0.29, 0.717) is 12.2 Å². The summed E-state index contributed by atoms with van der Waals surface area (Å²) in [7, 11) is 0. The highest BCUT2D eigenvalue weighted by molar-refractivity contribution is 5.18. The molecule has 2 rings (SSSR count). The lowest BCUT2D eigenvalue weighted by Gasteiger charge is -1.93.